The number of nitrogens with zero attached hydrogens (tertiary/aromatic N) is 1. The Morgan fingerprint density at radius 1 is 1.21 bits per heavy atom. The van der Waals surface area contributed by atoms with Gasteiger partial charge in [0.1, 0.15) is 0 Å². The first-order valence-corrected chi connectivity index (χ1v) is 8.61. The van der Waals surface area contributed by atoms with Crippen molar-refractivity contribution in [3.05, 3.63) is 35.4 Å². The number of halogens is 2. The van der Waals surface area contributed by atoms with E-state index in [9.17, 15) is 4.79 Å². The predicted octanol–water partition coefficient (Wildman–Crippen LogP) is 2.86. The molecule has 0 bridgehead atoms. The second-order valence-electron chi connectivity index (χ2n) is 6.61. The van der Waals surface area contributed by atoms with Crippen molar-refractivity contribution in [3.63, 3.8) is 0 Å². The van der Waals surface area contributed by atoms with Crippen molar-refractivity contribution in [1.82, 2.24) is 15.5 Å². The number of hydrogen-bond acceptors (Lipinski definition) is 3. The van der Waals surface area contributed by atoms with Gasteiger partial charge in [-0.3, -0.25) is 9.69 Å². The average molecular weight is 374 g/mol. The van der Waals surface area contributed by atoms with Crippen LogP contribution in [0.5, 0.6) is 0 Å². The third-order valence-electron chi connectivity index (χ3n) is 4.74. The summed E-state index contributed by atoms with van der Waals surface area (Å²) in [5, 5.41) is 6.49. The molecule has 0 spiro atoms. The smallest absolute Gasteiger partial charge is 0.251 e. The molecule has 3 rings (SSSR count). The van der Waals surface area contributed by atoms with Gasteiger partial charge in [0.05, 0.1) is 0 Å². The van der Waals surface area contributed by atoms with Gasteiger partial charge in [0.25, 0.3) is 5.91 Å². The Morgan fingerprint density at radius 2 is 2.00 bits per heavy atom. The van der Waals surface area contributed by atoms with Crippen molar-refractivity contribution in [2.45, 2.75) is 32.2 Å². The highest BCUT2D eigenvalue weighted by molar-refractivity contribution is 5.94. The number of carbonyl (C=O) groups excluding carboxylic acids is 1. The molecule has 2 aliphatic heterocycles. The van der Waals surface area contributed by atoms with Crippen LogP contribution < -0.4 is 10.6 Å². The molecule has 6 heteroatoms. The van der Waals surface area contributed by atoms with Gasteiger partial charge in [-0.15, -0.1) is 24.8 Å². The predicted molar refractivity (Wildman–Crippen MR) is 103 cm³/mol. The van der Waals surface area contributed by atoms with Gasteiger partial charge in [-0.05, 0) is 75.5 Å². The van der Waals surface area contributed by atoms with Gasteiger partial charge in [0.15, 0.2) is 0 Å². The van der Waals surface area contributed by atoms with E-state index >= 15 is 0 Å². The third kappa shape index (κ3) is 6.25. The number of likely N-dealkylation sites (tertiary alicyclic amines) is 1. The Labute approximate surface area is 157 Å². The maximum atomic E-state index is 12.3. The van der Waals surface area contributed by atoms with E-state index in [-0.39, 0.29) is 30.7 Å². The van der Waals surface area contributed by atoms with Crippen LogP contribution in [-0.2, 0) is 6.54 Å². The fourth-order valence-corrected chi connectivity index (χ4v) is 3.45. The van der Waals surface area contributed by atoms with Crippen molar-refractivity contribution >= 4 is 30.7 Å². The molecule has 1 aromatic rings. The summed E-state index contributed by atoms with van der Waals surface area (Å²) in [6, 6.07) is 8.09. The summed E-state index contributed by atoms with van der Waals surface area (Å²) in [5.41, 5.74) is 2.04. The molecule has 0 aliphatic carbocycles. The summed E-state index contributed by atoms with van der Waals surface area (Å²) in [4.78, 5) is 14.8. The standard InChI is InChI=1S/C18H27N3O.2ClH/c22-18(20-13-16-6-4-8-19-12-16)17-7-3-5-15(11-17)14-21-9-1-2-10-21;;/h3,5,7,11,16,19H,1-2,4,6,8-10,12-14H2,(H,20,22);2*1H. The van der Waals surface area contributed by atoms with E-state index in [1.165, 1.54) is 44.3 Å². The zero-order chi connectivity index (χ0) is 15.2. The Hall–Kier alpha value is -0.810. The lowest BCUT2D eigenvalue weighted by atomic mass is 9.99. The third-order valence-corrected chi connectivity index (χ3v) is 4.74. The highest BCUT2D eigenvalue weighted by Crippen LogP contribution is 2.14. The molecule has 0 saturated carbocycles. The summed E-state index contributed by atoms with van der Waals surface area (Å²) < 4.78 is 0. The van der Waals surface area contributed by atoms with Crippen molar-refractivity contribution in [2.75, 3.05) is 32.7 Å². The minimum Gasteiger partial charge on any atom is -0.352 e. The van der Waals surface area contributed by atoms with Gasteiger partial charge in [0, 0.05) is 18.7 Å². The minimum atomic E-state index is 0. The molecule has 2 N–H and O–H groups in total. The molecule has 1 atom stereocenters. The number of nitrogens with one attached hydrogen (secondary N) is 2. The molecule has 1 amide bonds. The Kier molecular flexibility index (Phi) is 9.67. The SMILES string of the molecule is Cl.Cl.O=C(NCC1CCCNC1)c1cccc(CN2CCCC2)c1. The molecule has 24 heavy (non-hydrogen) atoms. The fourth-order valence-electron chi connectivity index (χ4n) is 3.45. The molecule has 2 saturated heterocycles. The van der Waals surface area contributed by atoms with Crippen LogP contribution >= 0.6 is 24.8 Å². The van der Waals surface area contributed by atoms with Crippen LogP contribution in [-0.4, -0.2) is 43.5 Å². The number of benzene rings is 1. The molecule has 2 aliphatic rings. The zero-order valence-electron chi connectivity index (χ0n) is 14.1. The topological polar surface area (TPSA) is 44.4 Å². The van der Waals surface area contributed by atoms with Crippen LogP contribution in [0.15, 0.2) is 24.3 Å². The van der Waals surface area contributed by atoms with Crippen LogP contribution in [0.25, 0.3) is 0 Å². The van der Waals surface area contributed by atoms with E-state index in [0.29, 0.717) is 5.92 Å². The second kappa shape index (κ2) is 10.9. The zero-order valence-corrected chi connectivity index (χ0v) is 15.8. The number of rotatable bonds is 5. The van der Waals surface area contributed by atoms with E-state index in [1.54, 1.807) is 0 Å². The van der Waals surface area contributed by atoms with Crippen molar-refractivity contribution in [3.8, 4) is 0 Å². The highest BCUT2D eigenvalue weighted by Gasteiger charge is 2.15. The largest absolute Gasteiger partial charge is 0.352 e. The highest BCUT2D eigenvalue weighted by atomic mass is 35.5. The van der Waals surface area contributed by atoms with E-state index in [1.807, 2.05) is 18.2 Å². The molecule has 1 unspecified atom stereocenters. The summed E-state index contributed by atoms with van der Waals surface area (Å²) in [6.45, 7) is 6.25. The van der Waals surface area contributed by atoms with Gasteiger partial charge in [0.2, 0.25) is 0 Å². The molecular formula is C18H29Cl2N3O. The first kappa shape index (κ1) is 21.2. The lowest BCUT2D eigenvalue weighted by Crippen LogP contribution is -2.38. The van der Waals surface area contributed by atoms with Gasteiger partial charge in [-0.25, -0.2) is 0 Å². The fraction of sp³-hybridized carbons (Fsp3) is 0.611. The maximum Gasteiger partial charge on any atom is 0.251 e. The van der Waals surface area contributed by atoms with Gasteiger partial charge in [-0.1, -0.05) is 12.1 Å². The van der Waals surface area contributed by atoms with Crippen molar-refractivity contribution in [2.24, 2.45) is 5.92 Å². The second-order valence-corrected chi connectivity index (χ2v) is 6.61. The van der Waals surface area contributed by atoms with E-state index in [2.05, 4.69) is 21.6 Å². The van der Waals surface area contributed by atoms with Crippen LogP contribution in [0.3, 0.4) is 0 Å². The molecule has 136 valence electrons. The molecule has 0 radical (unpaired) electrons. The minimum absolute atomic E-state index is 0. The van der Waals surface area contributed by atoms with Crippen LogP contribution in [0, 0.1) is 5.92 Å². The van der Waals surface area contributed by atoms with E-state index in [0.717, 1.165) is 31.7 Å². The average Bonchev–Trinajstić information content (AvgIpc) is 3.07. The van der Waals surface area contributed by atoms with Gasteiger partial charge < -0.3 is 10.6 Å². The summed E-state index contributed by atoms with van der Waals surface area (Å²) in [5.74, 6) is 0.638. The van der Waals surface area contributed by atoms with E-state index < -0.39 is 0 Å². The van der Waals surface area contributed by atoms with Gasteiger partial charge in [-0.2, -0.15) is 0 Å². The quantitative estimate of drug-likeness (QED) is 0.833. The Balaban J connectivity index is 0.00000144. The Bertz CT molecular complexity index is 501. The van der Waals surface area contributed by atoms with Crippen LogP contribution in [0.1, 0.15) is 41.6 Å². The van der Waals surface area contributed by atoms with E-state index in [4.69, 9.17) is 0 Å². The molecule has 2 fully saturated rings. The number of amides is 1. The molecular weight excluding hydrogens is 345 g/mol. The molecule has 4 nitrogen and oxygen atoms in total. The molecule has 1 aromatic carbocycles. The van der Waals surface area contributed by atoms with Crippen molar-refractivity contribution in [1.29, 1.82) is 0 Å². The first-order chi connectivity index (χ1) is 10.8. The first-order valence-electron chi connectivity index (χ1n) is 8.61. The summed E-state index contributed by atoms with van der Waals surface area (Å²) >= 11 is 0. The number of piperidine rings is 1. The normalized spacial score (nSPS) is 20.8. The molecule has 2 heterocycles. The van der Waals surface area contributed by atoms with Crippen molar-refractivity contribution < 1.29 is 4.79 Å². The maximum absolute atomic E-state index is 12.3. The lowest BCUT2D eigenvalue weighted by Gasteiger charge is -2.23. The number of carbonyl (C=O) groups is 1. The lowest BCUT2D eigenvalue weighted by molar-refractivity contribution is 0.0944. The molecule has 0 aromatic heterocycles. The summed E-state index contributed by atoms with van der Waals surface area (Å²) in [6.07, 6.45) is 5.03. The monoisotopic (exact) mass is 373 g/mol. The Morgan fingerprint density at radius 3 is 2.71 bits per heavy atom. The number of hydrogen-bond donors (Lipinski definition) is 2. The van der Waals surface area contributed by atoms with Crippen LogP contribution in [0.2, 0.25) is 0 Å². The van der Waals surface area contributed by atoms with Crippen LogP contribution in [0.4, 0.5) is 0 Å². The van der Waals surface area contributed by atoms with Gasteiger partial charge >= 0.3 is 0 Å². The summed E-state index contributed by atoms with van der Waals surface area (Å²) in [7, 11) is 0.